The van der Waals surface area contributed by atoms with Crippen molar-refractivity contribution in [2.75, 3.05) is 0 Å². The van der Waals surface area contributed by atoms with Crippen molar-refractivity contribution in [2.24, 2.45) is 0 Å². The van der Waals surface area contributed by atoms with Gasteiger partial charge in [-0.1, -0.05) is 0 Å². The van der Waals surface area contributed by atoms with Crippen molar-refractivity contribution in [1.29, 1.82) is 0 Å². The number of rotatable bonds is 4. The number of halogens is 1. The molecule has 1 rings (SSSR count). The number of nitrogens with one attached hydrogen (secondary N) is 1. The fraction of sp³-hybridized carbons (Fsp3) is 0.100. The summed E-state index contributed by atoms with van der Waals surface area (Å²) in [6, 6.07) is 2.21. The van der Waals surface area contributed by atoms with E-state index in [1.165, 1.54) is 0 Å². The molecule has 0 saturated carbocycles. The molecular weight excluding hydrogens is 233 g/mol. The van der Waals surface area contributed by atoms with Crippen molar-refractivity contribution in [3.63, 3.8) is 0 Å². The molecule has 0 radical (unpaired) electrons. The number of carbonyl (C=O) groups excluding carboxylic acids is 1. The second-order valence-electron chi connectivity index (χ2n) is 3.09. The Kier molecular flexibility index (Phi) is 3.76. The number of aliphatic carboxylic acids is 2. The Labute approximate surface area is 94.7 Å². The molecule has 0 saturated heterocycles. The average Bonchev–Trinajstić information content (AvgIpc) is 2.25. The number of hydrogen-bond donors (Lipinski definition) is 3. The van der Waals surface area contributed by atoms with Crippen LogP contribution in [0.3, 0.4) is 0 Å². The Balaban J connectivity index is 2.81. The highest BCUT2D eigenvalue weighted by molar-refractivity contribution is 6.04. The van der Waals surface area contributed by atoms with Gasteiger partial charge in [0, 0.05) is 5.56 Å². The van der Waals surface area contributed by atoms with Crippen LogP contribution in [0, 0.1) is 5.82 Å². The molecular formula is C10H8FNO5. The van der Waals surface area contributed by atoms with Gasteiger partial charge in [0.15, 0.2) is 0 Å². The summed E-state index contributed by atoms with van der Waals surface area (Å²) in [5, 5.41) is 18.8. The van der Waals surface area contributed by atoms with Crippen LogP contribution >= 0.6 is 0 Å². The molecule has 0 aromatic heterocycles. The Bertz CT molecular complexity index is 442. The van der Waals surface area contributed by atoms with Gasteiger partial charge in [-0.15, -0.1) is 0 Å². The second-order valence-corrected chi connectivity index (χ2v) is 3.09. The lowest BCUT2D eigenvalue weighted by Crippen LogP contribution is -2.46. The predicted octanol–water partition coefficient (Wildman–Crippen LogP) is 0.0933. The van der Waals surface area contributed by atoms with E-state index in [0.29, 0.717) is 0 Å². The molecule has 0 heterocycles. The minimum absolute atomic E-state index is 0.0288. The molecule has 0 aliphatic heterocycles. The van der Waals surface area contributed by atoms with Crippen molar-refractivity contribution in [3.05, 3.63) is 35.6 Å². The first-order valence-corrected chi connectivity index (χ1v) is 4.44. The van der Waals surface area contributed by atoms with Crippen LogP contribution in [0.15, 0.2) is 24.3 Å². The summed E-state index contributed by atoms with van der Waals surface area (Å²) in [5.41, 5.74) is -0.0288. The lowest BCUT2D eigenvalue weighted by molar-refractivity contribution is -0.150. The fourth-order valence-corrected chi connectivity index (χ4v) is 1.04. The minimum Gasteiger partial charge on any atom is -0.479 e. The molecule has 6 nitrogen and oxygen atoms in total. The molecule has 17 heavy (non-hydrogen) atoms. The summed E-state index contributed by atoms with van der Waals surface area (Å²) >= 11 is 0. The number of carboxylic acids is 2. The van der Waals surface area contributed by atoms with Crippen LogP contribution in [-0.2, 0) is 9.59 Å². The quantitative estimate of drug-likeness (QED) is 0.648. The van der Waals surface area contributed by atoms with Gasteiger partial charge in [0.05, 0.1) is 0 Å². The molecule has 0 spiro atoms. The summed E-state index contributed by atoms with van der Waals surface area (Å²) < 4.78 is 12.5. The van der Waals surface area contributed by atoms with E-state index in [2.05, 4.69) is 0 Å². The number of carboxylic acid groups (broad SMARTS) is 2. The maximum absolute atomic E-state index is 12.5. The predicted molar refractivity (Wildman–Crippen MR) is 52.9 cm³/mol. The highest BCUT2D eigenvalue weighted by atomic mass is 19.1. The molecule has 1 aromatic carbocycles. The Hall–Kier alpha value is -2.44. The molecule has 7 heteroatoms. The normalized spacial score (nSPS) is 10.0. The van der Waals surface area contributed by atoms with Crippen LogP contribution in [0.2, 0.25) is 0 Å². The summed E-state index contributed by atoms with van der Waals surface area (Å²) in [6.07, 6.45) is 0. The van der Waals surface area contributed by atoms with Gasteiger partial charge in [-0.3, -0.25) is 4.79 Å². The van der Waals surface area contributed by atoms with Gasteiger partial charge < -0.3 is 15.5 Å². The first-order valence-electron chi connectivity index (χ1n) is 4.44. The molecule has 3 N–H and O–H groups in total. The lowest BCUT2D eigenvalue weighted by atomic mass is 10.2. The van der Waals surface area contributed by atoms with Crippen LogP contribution in [0.25, 0.3) is 0 Å². The number of carbonyl (C=O) groups is 3. The molecule has 0 bridgehead atoms. The van der Waals surface area contributed by atoms with Crippen LogP contribution in [-0.4, -0.2) is 34.1 Å². The van der Waals surface area contributed by atoms with Gasteiger partial charge in [-0.2, -0.15) is 0 Å². The summed E-state index contributed by atoms with van der Waals surface area (Å²) in [7, 11) is 0. The van der Waals surface area contributed by atoms with E-state index in [1.807, 2.05) is 0 Å². The Morgan fingerprint density at radius 2 is 1.53 bits per heavy atom. The van der Waals surface area contributed by atoms with Gasteiger partial charge in [0.1, 0.15) is 5.82 Å². The minimum atomic E-state index is -2.03. The van der Waals surface area contributed by atoms with Crippen LogP contribution < -0.4 is 5.32 Å². The third kappa shape index (κ3) is 3.26. The van der Waals surface area contributed by atoms with E-state index >= 15 is 0 Å². The second kappa shape index (κ2) is 5.06. The van der Waals surface area contributed by atoms with Crippen molar-refractivity contribution in [2.45, 2.75) is 6.04 Å². The maximum Gasteiger partial charge on any atom is 0.338 e. The lowest BCUT2D eigenvalue weighted by Gasteiger charge is -2.09. The van der Waals surface area contributed by atoms with Crippen LogP contribution in [0.5, 0.6) is 0 Å². The van der Waals surface area contributed by atoms with Crippen LogP contribution in [0.1, 0.15) is 10.4 Å². The summed E-state index contributed by atoms with van der Waals surface area (Å²) in [6.45, 7) is 0. The molecule has 0 aliphatic carbocycles. The fourth-order valence-electron chi connectivity index (χ4n) is 1.04. The zero-order chi connectivity index (χ0) is 13.0. The molecule has 0 atom stereocenters. The van der Waals surface area contributed by atoms with E-state index in [-0.39, 0.29) is 5.56 Å². The van der Waals surface area contributed by atoms with Gasteiger partial charge >= 0.3 is 11.9 Å². The molecule has 90 valence electrons. The maximum atomic E-state index is 12.5. The van der Waals surface area contributed by atoms with Crippen molar-refractivity contribution in [3.8, 4) is 0 Å². The Morgan fingerprint density at radius 3 is 1.94 bits per heavy atom. The highest BCUT2D eigenvalue weighted by Crippen LogP contribution is 2.03. The smallest absolute Gasteiger partial charge is 0.338 e. The standard InChI is InChI=1S/C10H8FNO5/c11-6-3-1-5(2-4-6)8(13)12-7(9(14)15)10(16)17/h1-4,7H,(H,12,13)(H,14,15)(H,16,17). The average molecular weight is 241 g/mol. The third-order valence-corrected chi connectivity index (χ3v) is 1.88. The van der Waals surface area contributed by atoms with E-state index in [1.54, 1.807) is 5.32 Å². The first kappa shape index (κ1) is 12.6. The summed E-state index contributed by atoms with van der Waals surface area (Å²) in [4.78, 5) is 32.4. The Morgan fingerprint density at radius 1 is 1.06 bits per heavy atom. The topological polar surface area (TPSA) is 104 Å². The number of benzene rings is 1. The van der Waals surface area contributed by atoms with E-state index in [9.17, 15) is 18.8 Å². The van der Waals surface area contributed by atoms with E-state index < -0.39 is 29.7 Å². The highest BCUT2D eigenvalue weighted by Gasteiger charge is 2.27. The first-order chi connectivity index (χ1) is 7.91. The van der Waals surface area contributed by atoms with Crippen molar-refractivity contribution >= 4 is 17.8 Å². The number of amides is 1. The van der Waals surface area contributed by atoms with Crippen molar-refractivity contribution < 1.29 is 29.0 Å². The van der Waals surface area contributed by atoms with Crippen molar-refractivity contribution in [1.82, 2.24) is 5.32 Å². The van der Waals surface area contributed by atoms with Gasteiger partial charge in [0.25, 0.3) is 5.91 Å². The zero-order valence-corrected chi connectivity index (χ0v) is 8.38. The third-order valence-electron chi connectivity index (χ3n) is 1.88. The van der Waals surface area contributed by atoms with E-state index in [0.717, 1.165) is 24.3 Å². The molecule has 1 amide bonds. The van der Waals surface area contributed by atoms with Gasteiger partial charge in [-0.25, -0.2) is 14.0 Å². The SMILES string of the molecule is O=C(NC(C(=O)O)C(=O)O)c1ccc(F)cc1. The van der Waals surface area contributed by atoms with Gasteiger partial charge in [-0.05, 0) is 24.3 Å². The molecule has 0 unspecified atom stereocenters. The summed E-state index contributed by atoms with van der Waals surface area (Å²) in [5.74, 6) is -4.84. The largest absolute Gasteiger partial charge is 0.479 e. The molecule has 0 aliphatic rings. The van der Waals surface area contributed by atoms with E-state index in [4.69, 9.17) is 10.2 Å². The molecule has 1 aromatic rings. The monoisotopic (exact) mass is 241 g/mol. The van der Waals surface area contributed by atoms with Crippen LogP contribution in [0.4, 0.5) is 4.39 Å². The molecule has 0 fully saturated rings. The van der Waals surface area contributed by atoms with Gasteiger partial charge in [0.2, 0.25) is 6.04 Å². The zero-order valence-electron chi connectivity index (χ0n) is 8.38. The number of hydrogen-bond acceptors (Lipinski definition) is 3.